The Hall–Kier alpha value is -1.53. The molecule has 6 heteroatoms. The van der Waals surface area contributed by atoms with E-state index in [1.54, 1.807) is 11.3 Å². The molecule has 1 aromatic carbocycles. The van der Waals surface area contributed by atoms with E-state index in [1.807, 2.05) is 11.8 Å². The molecular formula is C29H41N3OS2. The van der Waals surface area contributed by atoms with E-state index >= 15 is 0 Å². The molecule has 1 aliphatic heterocycles. The highest BCUT2D eigenvalue weighted by Crippen LogP contribution is 2.50. The Morgan fingerprint density at radius 1 is 1.00 bits per heavy atom. The maximum absolute atomic E-state index is 13.3. The van der Waals surface area contributed by atoms with Crippen LogP contribution in [0.4, 0.5) is 5.82 Å². The van der Waals surface area contributed by atoms with Crippen LogP contribution < -0.4 is 10.6 Å². The minimum atomic E-state index is -0.00815. The molecule has 0 spiro atoms. The van der Waals surface area contributed by atoms with E-state index < -0.39 is 0 Å². The molecule has 5 rings (SSSR count). The van der Waals surface area contributed by atoms with Crippen LogP contribution in [0.2, 0.25) is 0 Å². The standard InChI is InChI=1S/C29H41N3OS2/c1-28(2,3)20-16-19(17-21(18-20)29(4)12-13-29)24-25(30-22-8-6-5-7-9-22)32-27(35-24)26(33)31-23-10-14-34-15-11-23/h16-18,22-23,30H,5-15H2,1-4H3,(H,31,33). The second kappa shape index (κ2) is 10.1. The van der Waals surface area contributed by atoms with E-state index in [9.17, 15) is 4.79 Å². The lowest BCUT2D eigenvalue weighted by molar-refractivity contribution is 0.0934. The van der Waals surface area contributed by atoms with Gasteiger partial charge in [0.15, 0.2) is 5.01 Å². The Morgan fingerprint density at radius 3 is 2.37 bits per heavy atom. The molecular weight excluding hydrogens is 470 g/mol. The summed E-state index contributed by atoms with van der Waals surface area (Å²) in [4.78, 5) is 19.3. The number of rotatable bonds is 6. The first-order valence-corrected chi connectivity index (χ1v) is 15.5. The molecule has 2 aromatic rings. The van der Waals surface area contributed by atoms with E-state index in [0.29, 0.717) is 11.0 Å². The number of nitrogens with one attached hydrogen (secondary N) is 2. The topological polar surface area (TPSA) is 54.0 Å². The van der Waals surface area contributed by atoms with Crippen molar-refractivity contribution >= 4 is 34.8 Å². The van der Waals surface area contributed by atoms with Crippen LogP contribution in [0.25, 0.3) is 10.4 Å². The van der Waals surface area contributed by atoms with Crippen LogP contribution in [0.15, 0.2) is 18.2 Å². The fraction of sp³-hybridized carbons (Fsp3) is 0.655. The van der Waals surface area contributed by atoms with Crippen LogP contribution >= 0.6 is 23.1 Å². The predicted molar refractivity (Wildman–Crippen MR) is 151 cm³/mol. The van der Waals surface area contributed by atoms with Gasteiger partial charge in [0.2, 0.25) is 0 Å². The molecule has 0 radical (unpaired) electrons. The third kappa shape index (κ3) is 5.90. The van der Waals surface area contributed by atoms with Gasteiger partial charge in [0.1, 0.15) is 5.82 Å². The van der Waals surface area contributed by atoms with Crippen molar-refractivity contribution in [1.29, 1.82) is 0 Å². The lowest BCUT2D eigenvalue weighted by atomic mass is 9.82. The van der Waals surface area contributed by atoms with Gasteiger partial charge in [0.05, 0.1) is 4.88 Å². The van der Waals surface area contributed by atoms with Crippen molar-refractivity contribution in [2.75, 3.05) is 16.8 Å². The molecule has 1 saturated heterocycles. The van der Waals surface area contributed by atoms with E-state index in [1.165, 1.54) is 61.6 Å². The molecule has 0 atom stereocenters. The van der Waals surface area contributed by atoms with Crippen molar-refractivity contribution < 1.29 is 4.79 Å². The van der Waals surface area contributed by atoms with Crippen molar-refractivity contribution in [3.05, 3.63) is 34.3 Å². The Bertz CT molecular complexity index is 1030. The van der Waals surface area contributed by atoms with Gasteiger partial charge in [-0.25, -0.2) is 4.98 Å². The van der Waals surface area contributed by atoms with Gasteiger partial charge in [0.25, 0.3) is 5.91 Å². The number of nitrogens with zero attached hydrogens (tertiary/aromatic N) is 1. The molecule has 2 saturated carbocycles. The van der Waals surface area contributed by atoms with Gasteiger partial charge in [-0.15, -0.1) is 11.3 Å². The summed E-state index contributed by atoms with van der Waals surface area (Å²) in [6, 6.07) is 7.86. The van der Waals surface area contributed by atoms with Gasteiger partial charge >= 0.3 is 0 Å². The number of hydrogen-bond acceptors (Lipinski definition) is 5. The third-order valence-electron chi connectivity index (χ3n) is 8.08. The SMILES string of the molecule is CC(C)(C)c1cc(-c2sc(C(=O)NC3CCSCC3)nc2NC2CCCCC2)cc(C2(C)CC2)c1. The van der Waals surface area contributed by atoms with E-state index in [-0.39, 0.29) is 22.8 Å². The summed E-state index contributed by atoms with van der Waals surface area (Å²) in [5, 5.41) is 7.65. The number of thioether (sulfide) groups is 1. The molecule has 2 N–H and O–H groups in total. The highest BCUT2D eigenvalue weighted by molar-refractivity contribution is 7.99. The number of thiazole rings is 1. The minimum absolute atomic E-state index is 0.00815. The van der Waals surface area contributed by atoms with Crippen LogP contribution in [0.1, 0.15) is 106 Å². The van der Waals surface area contributed by atoms with Crippen molar-refractivity contribution in [3.63, 3.8) is 0 Å². The molecule has 2 aliphatic carbocycles. The van der Waals surface area contributed by atoms with Crippen molar-refractivity contribution in [2.24, 2.45) is 0 Å². The second-order valence-corrected chi connectivity index (χ2v) is 14.4. The monoisotopic (exact) mass is 511 g/mol. The number of carbonyl (C=O) groups is 1. The Labute approximate surface area is 219 Å². The Kier molecular flexibility index (Phi) is 7.24. The number of amides is 1. The van der Waals surface area contributed by atoms with Gasteiger partial charge in [-0.1, -0.05) is 53.0 Å². The van der Waals surface area contributed by atoms with Crippen molar-refractivity contribution in [1.82, 2.24) is 10.3 Å². The van der Waals surface area contributed by atoms with E-state index in [4.69, 9.17) is 4.98 Å². The Balaban J connectivity index is 1.51. The van der Waals surface area contributed by atoms with Gasteiger partial charge in [-0.3, -0.25) is 4.79 Å². The largest absolute Gasteiger partial charge is 0.366 e. The predicted octanol–water partition coefficient (Wildman–Crippen LogP) is 7.53. The van der Waals surface area contributed by atoms with Crippen molar-refractivity contribution in [2.45, 2.75) is 108 Å². The van der Waals surface area contributed by atoms with E-state index in [2.05, 4.69) is 56.5 Å². The average molecular weight is 512 g/mol. The molecule has 3 fully saturated rings. The normalized spacial score (nSPS) is 21.0. The molecule has 1 amide bonds. The highest BCUT2D eigenvalue weighted by Gasteiger charge is 2.40. The summed E-state index contributed by atoms with van der Waals surface area (Å²) in [5.41, 5.74) is 4.36. The molecule has 3 aliphatic rings. The highest BCUT2D eigenvalue weighted by atomic mass is 32.2. The third-order valence-corrected chi connectivity index (χ3v) is 10.2. The zero-order valence-corrected chi connectivity index (χ0v) is 23.5. The van der Waals surface area contributed by atoms with E-state index in [0.717, 1.165) is 35.0 Å². The minimum Gasteiger partial charge on any atom is -0.366 e. The molecule has 4 nitrogen and oxygen atoms in total. The fourth-order valence-electron chi connectivity index (χ4n) is 5.26. The number of carbonyl (C=O) groups excluding carboxylic acids is 1. The average Bonchev–Trinajstić information content (AvgIpc) is 3.46. The van der Waals surface area contributed by atoms with Gasteiger partial charge in [-0.05, 0) is 89.7 Å². The number of hydrogen-bond donors (Lipinski definition) is 2. The first-order chi connectivity index (χ1) is 16.7. The molecule has 35 heavy (non-hydrogen) atoms. The summed E-state index contributed by atoms with van der Waals surface area (Å²) < 4.78 is 0. The maximum atomic E-state index is 13.3. The summed E-state index contributed by atoms with van der Waals surface area (Å²) in [5.74, 6) is 3.16. The number of benzene rings is 1. The molecule has 0 unspecified atom stereocenters. The number of aromatic nitrogens is 1. The van der Waals surface area contributed by atoms with Crippen LogP contribution in [0.5, 0.6) is 0 Å². The zero-order valence-electron chi connectivity index (χ0n) is 21.8. The summed E-state index contributed by atoms with van der Waals surface area (Å²) >= 11 is 3.55. The maximum Gasteiger partial charge on any atom is 0.280 e. The lowest BCUT2D eigenvalue weighted by Crippen LogP contribution is -2.37. The first kappa shape index (κ1) is 25.1. The van der Waals surface area contributed by atoms with Crippen LogP contribution in [-0.2, 0) is 10.8 Å². The van der Waals surface area contributed by atoms with Crippen LogP contribution in [0, 0.1) is 0 Å². The number of anilines is 1. The fourth-order valence-corrected chi connectivity index (χ4v) is 7.28. The molecule has 190 valence electrons. The Morgan fingerprint density at radius 2 is 1.71 bits per heavy atom. The van der Waals surface area contributed by atoms with Gasteiger partial charge in [0, 0.05) is 12.1 Å². The zero-order chi connectivity index (χ0) is 24.6. The summed E-state index contributed by atoms with van der Waals surface area (Å²) in [7, 11) is 0. The smallest absolute Gasteiger partial charge is 0.280 e. The van der Waals surface area contributed by atoms with Crippen LogP contribution in [-0.4, -0.2) is 34.5 Å². The quantitative estimate of drug-likeness (QED) is 0.421. The molecule has 2 heterocycles. The molecule has 0 bridgehead atoms. The van der Waals surface area contributed by atoms with Crippen molar-refractivity contribution in [3.8, 4) is 10.4 Å². The summed E-state index contributed by atoms with van der Waals surface area (Å²) in [6.45, 7) is 9.26. The first-order valence-electron chi connectivity index (χ1n) is 13.5. The summed E-state index contributed by atoms with van der Waals surface area (Å²) in [6.07, 6.45) is 10.8. The van der Waals surface area contributed by atoms with Gasteiger partial charge < -0.3 is 10.6 Å². The second-order valence-electron chi connectivity index (χ2n) is 12.1. The van der Waals surface area contributed by atoms with Gasteiger partial charge in [-0.2, -0.15) is 11.8 Å². The van der Waals surface area contributed by atoms with Crippen LogP contribution in [0.3, 0.4) is 0 Å². The lowest BCUT2D eigenvalue weighted by Gasteiger charge is -2.25. The molecule has 1 aromatic heterocycles.